The first-order valence-corrected chi connectivity index (χ1v) is 6.40. The number of rotatable bonds is 2. The molecule has 1 aliphatic heterocycles. The van der Waals surface area contributed by atoms with Gasteiger partial charge in [-0.05, 0) is 13.3 Å². The Morgan fingerprint density at radius 1 is 1.75 bits per heavy atom. The van der Waals surface area contributed by atoms with E-state index in [1.807, 2.05) is 0 Å². The zero-order chi connectivity index (χ0) is 9.19. The molecule has 0 spiro atoms. The molecule has 0 amide bonds. The molecule has 1 aliphatic rings. The van der Waals surface area contributed by atoms with Gasteiger partial charge in [0.2, 0.25) is 0 Å². The summed E-state index contributed by atoms with van der Waals surface area (Å²) in [4.78, 5) is 11.1. The van der Waals surface area contributed by atoms with Gasteiger partial charge in [0.1, 0.15) is 13.3 Å². The lowest BCUT2D eigenvalue weighted by atomic mass is 10.2. The van der Waals surface area contributed by atoms with Crippen LogP contribution in [0.2, 0.25) is 0 Å². The molecule has 70 valence electrons. The lowest BCUT2D eigenvalue weighted by Gasteiger charge is -2.09. The van der Waals surface area contributed by atoms with Gasteiger partial charge in [0.25, 0.3) is 0 Å². The molecule has 1 rings (SSSR count). The molecular weight excluding hydrogens is 177 g/mol. The van der Waals surface area contributed by atoms with E-state index in [-0.39, 0.29) is 12.0 Å². The van der Waals surface area contributed by atoms with Crippen molar-refractivity contribution >= 4 is 13.3 Å². The van der Waals surface area contributed by atoms with E-state index in [1.54, 1.807) is 13.6 Å². The highest BCUT2D eigenvalue weighted by molar-refractivity contribution is 7.61. The third kappa shape index (κ3) is 2.32. The van der Waals surface area contributed by atoms with Gasteiger partial charge in [-0.1, -0.05) is 0 Å². The second-order valence-corrected chi connectivity index (χ2v) is 5.95. The summed E-state index contributed by atoms with van der Waals surface area (Å²) >= 11 is 0. The van der Waals surface area contributed by atoms with Gasteiger partial charge in [-0.15, -0.1) is 0 Å². The lowest BCUT2D eigenvalue weighted by Crippen LogP contribution is -2.30. The van der Waals surface area contributed by atoms with E-state index in [0.717, 1.165) is 0 Å². The van der Waals surface area contributed by atoms with Crippen molar-refractivity contribution in [1.82, 2.24) is 5.09 Å². The molecule has 0 aliphatic carbocycles. The van der Waals surface area contributed by atoms with Crippen LogP contribution in [0.3, 0.4) is 0 Å². The number of carbonyl (C=O) groups excluding carboxylic acids is 1. The molecule has 5 heteroatoms. The fraction of sp³-hybridized carbons (Fsp3) is 0.857. The van der Waals surface area contributed by atoms with E-state index in [0.29, 0.717) is 19.2 Å². The van der Waals surface area contributed by atoms with Crippen LogP contribution in [0, 0.1) is 0 Å². The van der Waals surface area contributed by atoms with Crippen molar-refractivity contribution in [3.63, 3.8) is 0 Å². The number of hydrogen-bond donors (Lipinski definition) is 1. The van der Waals surface area contributed by atoms with Crippen LogP contribution in [0.25, 0.3) is 0 Å². The van der Waals surface area contributed by atoms with Gasteiger partial charge < -0.3 is 9.30 Å². The summed E-state index contributed by atoms with van der Waals surface area (Å²) in [6, 6.07) is -0.346. The Morgan fingerprint density at radius 2 is 2.42 bits per heavy atom. The van der Waals surface area contributed by atoms with Gasteiger partial charge in [-0.2, -0.15) is 0 Å². The fourth-order valence-corrected chi connectivity index (χ4v) is 3.02. The summed E-state index contributed by atoms with van der Waals surface area (Å²) in [6.07, 6.45) is 1.23. The first-order chi connectivity index (χ1) is 5.55. The normalized spacial score (nSPS) is 35.0. The number of nitrogens with one attached hydrogen (secondary N) is 1. The monoisotopic (exact) mass is 191 g/mol. The van der Waals surface area contributed by atoms with Gasteiger partial charge in [-0.25, -0.2) is 0 Å². The number of ether oxygens (including phenoxy) is 1. The minimum absolute atomic E-state index is 0.280. The predicted molar refractivity (Wildman–Crippen MR) is 46.6 cm³/mol. The topological polar surface area (TPSA) is 55.4 Å². The summed E-state index contributed by atoms with van der Waals surface area (Å²) in [5, 5.41) is 2.80. The Morgan fingerprint density at radius 3 is 2.83 bits per heavy atom. The van der Waals surface area contributed by atoms with Crippen molar-refractivity contribution in [2.75, 3.05) is 19.4 Å². The minimum atomic E-state index is -2.23. The third-order valence-electron chi connectivity index (χ3n) is 1.84. The molecule has 1 N–H and O–H groups in total. The fourth-order valence-electron chi connectivity index (χ4n) is 1.25. The average molecular weight is 191 g/mol. The van der Waals surface area contributed by atoms with Crippen LogP contribution in [-0.4, -0.2) is 31.4 Å². The summed E-state index contributed by atoms with van der Waals surface area (Å²) in [5.74, 6) is -0.280. The highest BCUT2D eigenvalue weighted by Crippen LogP contribution is 2.43. The highest BCUT2D eigenvalue weighted by Gasteiger charge is 2.34. The van der Waals surface area contributed by atoms with Crippen LogP contribution in [0.4, 0.5) is 0 Å². The Labute approximate surface area is 72.1 Å². The molecular formula is C7H14NO3P. The Hall–Kier alpha value is -0.340. The summed E-state index contributed by atoms with van der Waals surface area (Å²) in [6.45, 7) is 3.80. The Kier molecular flexibility index (Phi) is 2.91. The van der Waals surface area contributed by atoms with Gasteiger partial charge in [0.15, 0.2) is 0 Å². The zero-order valence-electron chi connectivity index (χ0n) is 7.37. The number of esters is 1. The van der Waals surface area contributed by atoms with Crippen LogP contribution in [0.1, 0.15) is 13.3 Å². The van der Waals surface area contributed by atoms with Crippen LogP contribution in [0.5, 0.6) is 0 Å². The number of carbonyl (C=O) groups is 1. The van der Waals surface area contributed by atoms with E-state index in [9.17, 15) is 9.36 Å². The molecule has 0 aromatic rings. The Balaban J connectivity index is 2.47. The zero-order valence-corrected chi connectivity index (χ0v) is 8.27. The van der Waals surface area contributed by atoms with E-state index in [4.69, 9.17) is 4.74 Å². The molecule has 0 radical (unpaired) electrons. The van der Waals surface area contributed by atoms with E-state index < -0.39 is 7.29 Å². The largest absolute Gasteiger partial charge is 0.465 e. The van der Waals surface area contributed by atoms with Crippen molar-refractivity contribution in [3.8, 4) is 0 Å². The molecule has 0 saturated carbocycles. The predicted octanol–water partition coefficient (Wildman–Crippen LogP) is 0.819. The number of hydrogen-bond acceptors (Lipinski definition) is 3. The molecule has 1 unspecified atom stereocenters. The second kappa shape index (κ2) is 3.58. The molecule has 2 atom stereocenters. The molecule has 1 saturated heterocycles. The first-order valence-electron chi connectivity index (χ1n) is 4.06. The van der Waals surface area contributed by atoms with Crippen molar-refractivity contribution in [1.29, 1.82) is 0 Å². The Bertz CT molecular complexity index is 229. The molecule has 4 nitrogen and oxygen atoms in total. The second-order valence-electron chi connectivity index (χ2n) is 3.05. The minimum Gasteiger partial charge on any atom is -0.465 e. The van der Waals surface area contributed by atoms with Crippen molar-refractivity contribution in [2.24, 2.45) is 0 Å². The van der Waals surface area contributed by atoms with E-state index in [1.165, 1.54) is 0 Å². The summed E-state index contributed by atoms with van der Waals surface area (Å²) < 4.78 is 16.2. The quantitative estimate of drug-likeness (QED) is 0.518. The van der Waals surface area contributed by atoms with Crippen LogP contribution >= 0.6 is 7.29 Å². The molecule has 1 fully saturated rings. The van der Waals surface area contributed by atoms with Crippen LogP contribution in [0.15, 0.2) is 0 Å². The standard InChI is InChI=1S/C7H14NO3P/c1-3-11-7(9)6-4-5-12(2,10)8-6/h6H,3-5H2,1-2H3,(H,8,10)/t6-,12?/m0/s1. The first kappa shape index (κ1) is 9.75. The van der Waals surface area contributed by atoms with Crippen LogP contribution in [-0.2, 0) is 14.1 Å². The molecule has 0 aromatic carbocycles. The van der Waals surface area contributed by atoms with Crippen molar-refractivity contribution in [3.05, 3.63) is 0 Å². The average Bonchev–Trinajstić information content (AvgIpc) is 2.31. The van der Waals surface area contributed by atoms with Gasteiger partial charge >= 0.3 is 5.97 Å². The molecule has 1 heterocycles. The maximum atomic E-state index is 11.4. The summed E-state index contributed by atoms with van der Waals surface area (Å²) in [7, 11) is -2.23. The third-order valence-corrected chi connectivity index (χ3v) is 3.81. The van der Waals surface area contributed by atoms with Crippen molar-refractivity contribution in [2.45, 2.75) is 19.4 Å². The molecule has 0 aromatic heterocycles. The lowest BCUT2D eigenvalue weighted by molar-refractivity contribution is -0.144. The maximum Gasteiger partial charge on any atom is 0.323 e. The van der Waals surface area contributed by atoms with Gasteiger partial charge in [0.05, 0.1) is 6.61 Å². The van der Waals surface area contributed by atoms with Gasteiger partial charge in [0, 0.05) is 12.8 Å². The molecule has 12 heavy (non-hydrogen) atoms. The SMILES string of the molecule is CCOC(=O)[C@@H]1CCP(C)(=O)N1. The van der Waals surface area contributed by atoms with E-state index in [2.05, 4.69) is 5.09 Å². The summed E-state index contributed by atoms with van der Waals surface area (Å²) in [5.41, 5.74) is 0. The van der Waals surface area contributed by atoms with E-state index >= 15 is 0 Å². The smallest absolute Gasteiger partial charge is 0.323 e. The van der Waals surface area contributed by atoms with Crippen molar-refractivity contribution < 1.29 is 14.1 Å². The highest BCUT2D eigenvalue weighted by atomic mass is 31.2. The van der Waals surface area contributed by atoms with Crippen LogP contribution < -0.4 is 5.09 Å². The molecule has 0 bridgehead atoms. The van der Waals surface area contributed by atoms with Gasteiger partial charge in [-0.3, -0.25) is 9.88 Å². The maximum absolute atomic E-state index is 11.4.